The van der Waals surface area contributed by atoms with Crippen LogP contribution in [0.25, 0.3) is 0 Å². The summed E-state index contributed by atoms with van der Waals surface area (Å²) in [4.78, 5) is 0. The fraction of sp³-hybridized carbons (Fsp3) is 0.922. The van der Waals surface area contributed by atoms with E-state index in [1.165, 1.54) is 0 Å². The summed E-state index contributed by atoms with van der Waals surface area (Å²) >= 11 is 0. The van der Waals surface area contributed by atoms with Gasteiger partial charge in [-0.25, -0.2) is 76.1 Å². The van der Waals surface area contributed by atoms with Crippen molar-refractivity contribution in [1.29, 1.82) is 0 Å². The lowest BCUT2D eigenvalue weighted by Gasteiger charge is -2.16. The second kappa shape index (κ2) is 36.1. The van der Waals surface area contributed by atoms with Crippen molar-refractivity contribution in [2.75, 3.05) is 86.3 Å². The van der Waals surface area contributed by atoms with Crippen molar-refractivity contribution in [2.24, 2.45) is 29.6 Å². The van der Waals surface area contributed by atoms with Crippen molar-refractivity contribution in [3.63, 3.8) is 0 Å². The van der Waals surface area contributed by atoms with Crippen LogP contribution >= 0.6 is 0 Å². The zero-order valence-corrected chi connectivity index (χ0v) is 57.7. The first-order valence-electron chi connectivity index (χ1n) is 28.1. The van der Waals surface area contributed by atoms with Crippen LogP contribution in [0.1, 0.15) is 139 Å². The molecule has 34 heteroatoms. The first-order valence-corrected chi connectivity index (χ1v) is 45.5. The number of hydrogen-bond donors (Lipinski definition) is 0. The molecule has 0 N–H and O–H groups in total. The molecule has 10 heterocycles. The molecule has 0 amide bonds. The van der Waals surface area contributed by atoms with Crippen LogP contribution in [0.2, 0.25) is 0 Å². The lowest BCUT2D eigenvalue weighted by atomic mass is 9.95. The Morgan fingerprint density at radius 1 is 0.400 bits per heavy atom. The number of halogens is 2. The van der Waals surface area contributed by atoms with Crippen LogP contribution in [-0.2, 0) is 107 Å². The van der Waals surface area contributed by atoms with Gasteiger partial charge in [0.15, 0.2) is 68.9 Å². The van der Waals surface area contributed by atoms with Crippen molar-refractivity contribution in [3.05, 3.63) is 25.3 Å². The fourth-order valence-corrected chi connectivity index (χ4v) is 25.1. The van der Waals surface area contributed by atoms with E-state index in [-0.39, 0.29) is 89.5 Å². The molecule has 10 aliphatic heterocycles. The van der Waals surface area contributed by atoms with Gasteiger partial charge >= 0.3 is 0 Å². The monoisotopic (exact) mass is 1420 g/mol. The topological polar surface area (TPSA) is 360 Å². The maximum absolute atomic E-state index is 12.1. The minimum atomic E-state index is -3.29. The Balaban J connectivity index is 0.000000924. The third kappa shape index (κ3) is 35.2. The highest BCUT2D eigenvalue weighted by Gasteiger charge is 2.39. The largest absolute Gasteiger partial charge is 0.268 e. The third-order valence-electron chi connectivity index (χ3n) is 14.5. The van der Waals surface area contributed by atoms with Crippen molar-refractivity contribution in [2.45, 2.75) is 174 Å². The highest BCUT2D eigenvalue weighted by molar-refractivity contribution is 7.93. The number of alkyl halides is 2. The number of rotatable bonds is 3. The van der Waals surface area contributed by atoms with E-state index in [0.29, 0.717) is 82.2 Å². The van der Waals surface area contributed by atoms with Crippen molar-refractivity contribution in [3.8, 4) is 0 Å². The standard InChI is InChI=1S/C8H14O3S.C6H10O2S.4C5H10O2S.2C4H7FO2S.C4H8O3S.C4H8O2S.CH4/c1-4-7-5-12(9,10)11-8(7)6(2)3;1-2-6-3-4-9(7,8)5-6;2*1-5-2-3-8(6,7)4-5;2*1-5-3-2-4-8(5,6)7;5-4-1-2-8(6,7)3-4;5-4-2-1-3-8(4,6)7;1-4-2-3-8(5,6)7-4;5-7(6)3-1-2-4-7;/h4,6-8H,1,5H2,2-3H3;2,6H,1,3-5H2;4*5H,2-4H2,1H3;2*4H,1-3H2;4H,2-3H2,1H3;1-4H2;1H4. The van der Waals surface area contributed by atoms with E-state index in [9.17, 15) is 93.0 Å². The first-order chi connectivity index (χ1) is 38.1. The molecular weight excluding hydrogens is 1320 g/mol. The minimum Gasteiger partial charge on any atom is -0.267 e. The van der Waals surface area contributed by atoms with Gasteiger partial charge in [-0.05, 0) is 128 Å². The van der Waals surface area contributed by atoms with E-state index in [0.717, 1.165) is 57.8 Å². The van der Waals surface area contributed by atoms with Gasteiger partial charge in [-0.1, -0.05) is 47.3 Å². The van der Waals surface area contributed by atoms with Gasteiger partial charge in [-0.2, -0.15) is 16.8 Å². The van der Waals surface area contributed by atoms with Gasteiger partial charge in [0.05, 0.1) is 109 Å². The Kier molecular flexibility index (Phi) is 35.6. The minimum absolute atomic E-state index is 0. The van der Waals surface area contributed by atoms with E-state index in [1.807, 2.05) is 27.7 Å². The van der Waals surface area contributed by atoms with E-state index < -0.39 is 111 Å². The Hall–Kier alpha value is -1.24. The van der Waals surface area contributed by atoms with Gasteiger partial charge in [0.2, 0.25) is 5.50 Å². The summed E-state index contributed by atoms with van der Waals surface area (Å²) in [5, 5.41) is -0.134. The highest BCUT2D eigenvalue weighted by Crippen LogP contribution is 2.29. The first kappa shape index (κ1) is 83.8. The second-order valence-corrected chi connectivity index (χ2v) is 45.1. The molecule has 10 aliphatic rings. The number of hydrogen-bond acceptors (Lipinski definition) is 22. The SMILES string of the molecule is C.C=CC1CCS(=O)(=O)C1.C=CC1CS(=O)(=O)OC1C(C)C.CC1CCCS1(=O)=O.CC1CCCS1(=O)=O.CC1CCS(=O)(=O)C1.CC1CCS(=O)(=O)C1.CC1CCS(=O)(=O)O1.O=S1(=O)CCC(F)C1.O=S1(=O)CCCC1.O=S1(=O)CCCC1F. The molecule has 0 spiro atoms. The Labute approximate surface area is 511 Å². The van der Waals surface area contributed by atoms with Gasteiger partial charge in [-0.15, -0.1) is 13.2 Å². The molecule has 10 atom stereocenters. The van der Waals surface area contributed by atoms with Gasteiger partial charge in [0.25, 0.3) is 20.2 Å². The molecular formula is C51H98F2O22S10. The van der Waals surface area contributed by atoms with E-state index in [2.05, 4.69) is 17.3 Å². The second-order valence-electron chi connectivity index (χ2n) is 23.2. The average molecular weight is 1420 g/mol. The quantitative estimate of drug-likeness (QED) is 0.251. The average Bonchev–Trinajstić information content (AvgIpc) is 4.49. The molecule has 508 valence electrons. The van der Waals surface area contributed by atoms with Crippen LogP contribution in [0.3, 0.4) is 0 Å². The molecule has 10 fully saturated rings. The molecule has 0 radical (unpaired) electrons. The smallest absolute Gasteiger partial charge is 0.267 e. The molecule has 0 saturated carbocycles. The molecule has 0 aromatic heterocycles. The Morgan fingerprint density at radius 3 is 0.953 bits per heavy atom. The maximum atomic E-state index is 12.1. The van der Waals surface area contributed by atoms with Crippen LogP contribution in [0, 0.1) is 29.6 Å². The summed E-state index contributed by atoms with van der Waals surface area (Å²) in [5.74, 6) is 5.25. The molecule has 0 bridgehead atoms. The Bertz CT molecular complexity index is 2980. The molecule has 0 aromatic rings. The number of allylic oxidation sites excluding steroid dienone is 1. The molecule has 22 nitrogen and oxygen atoms in total. The third-order valence-corrected chi connectivity index (χ3v) is 32.9. The molecule has 10 saturated heterocycles. The molecule has 10 unspecified atom stereocenters. The van der Waals surface area contributed by atoms with E-state index in [4.69, 9.17) is 4.18 Å². The van der Waals surface area contributed by atoms with E-state index >= 15 is 0 Å². The van der Waals surface area contributed by atoms with Gasteiger partial charge in [0.1, 0.15) is 16.0 Å². The zero-order valence-electron chi connectivity index (χ0n) is 49.5. The zero-order chi connectivity index (χ0) is 65.0. The summed E-state index contributed by atoms with van der Waals surface area (Å²) in [6, 6.07) is 0. The van der Waals surface area contributed by atoms with Crippen molar-refractivity contribution >= 4 is 98.9 Å². The van der Waals surface area contributed by atoms with Crippen LogP contribution < -0.4 is 0 Å². The van der Waals surface area contributed by atoms with Crippen LogP contribution in [-0.4, -0.2) is 205 Å². The van der Waals surface area contributed by atoms with Crippen molar-refractivity contribution in [1.82, 2.24) is 0 Å². The molecule has 10 rings (SSSR count). The predicted molar refractivity (Wildman–Crippen MR) is 334 cm³/mol. The summed E-state index contributed by atoms with van der Waals surface area (Å²) in [6.45, 7) is 20.3. The van der Waals surface area contributed by atoms with Gasteiger partial charge in [0, 0.05) is 5.92 Å². The lowest BCUT2D eigenvalue weighted by molar-refractivity contribution is 0.155. The highest BCUT2D eigenvalue weighted by atomic mass is 32.2. The summed E-state index contributed by atoms with van der Waals surface area (Å²) in [5.41, 5.74) is -1.57. The fourth-order valence-electron chi connectivity index (χ4n) is 9.20. The maximum Gasteiger partial charge on any atom is 0.268 e. The van der Waals surface area contributed by atoms with Crippen LogP contribution in [0.5, 0.6) is 0 Å². The lowest BCUT2D eigenvalue weighted by Crippen LogP contribution is -2.21. The predicted octanol–water partition coefficient (Wildman–Crippen LogP) is 5.42. The van der Waals surface area contributed by atoms with Crippen LogP contribution in [0.4, 0.5) is 8.78 Å². The normalized spacial score (nSPS) is 33.8. The van der Waals surface area contributed by atoms with Gasteiger partial charge < -0.3 is 0 Å². The van der Waals surface area contributed by atoms with E-state index in [1.54, 1.807) is 32.9 Å². The number of sulfone groups is 8. The summed E-state index contributed by atoms with van der Waals surface area (Å²) in [7, 11) is -28.3. The van der Waals surface area contributed by atoms with Gasteiger partial charge in [-0.3, -0.25) is 8.37 Å². The summed E-state index contributed by atoms with van der Waals surface area (Å²) < 4.78 is 246. The molecule has 85 heavy (non-hydrogen) atoms. The van der Waals surface area contributed by atoms with Crippen LogP contribution in [0.15, 0.2) is 25.3 Å². The molecule has 0 aromatic carbocycles. The Morgan fingerprint density at radius 2 is 0.812 bits per heavy atom. The molecule has 0 aliphatic carbocycles. The summed E-state index contributed by atoms with van der Waals surface area (Å²) in [6.07, 6.45) is 11.2. The van der Waals surface area contributed by atoms with Crippen molar-refractivity contribution < 1.29 is 101 Å².